The first-order valence-corrected chi connectivity index (χ1v) is 11.2. The average molecular weight is 440 g/mol. The molecular weight excluding hydrogens is 421 g/mol. The fourth-order valence-corrected chi connectivity index (χ4v) is 4.51. The quantitative estimate of drug-likeness (QED) is 0.550. The third kappa shape index (κ3) is 5.36. The molecule has 0 saturated heterocycles. The van der Waals surface area contributed by atoms with Gasteiger partial charge in [-0.15, -0.1) is 11.3 Å². The molecule has 0 aliphatic heterocycles. The maximum absolute atomic E-state index is 13.2. The van der Waals surface area contributed by atoms with Crippen molar-refractivity contribution in [1.29, 1.82) is 0 Å². The van der Waals surface area contributed by atoms with Crippen LogP contribution in [-0.4, -0.2) is 13.4 Å². The van der Waals surface area contributed by atoms with E-state index in [2.05, 4.69) is 28.0 Å². The zero-order chi connectivity index (χ0) is 20.1. The Morgan fingerprint density at radius 2 is 2.04 bits per heavy atom. The Balaban J connectivity index is 1.56. The van der Waals surface area contributed by atoms with Gasteiger partial charge in [0.25, 0.3) is 0 Å². The molecule has 1 atom stereocenters. The summed E-state index contributed by atoms with van der Waals surface area (Å²) in [5.41, 5.74) is 1.58. The predicted octanol–water partition coefficient (Wildman–Crippen LogP) is 4.26. The van der Waals surface area contributed by atoms with Gasteiger partial charge in [0.2, 0.25) is 10.0 Å². The van der Waals surface area contributed by atoms with Crippen molar-refractivity contribution in [2.45, 2.75) is 31.0 Å². The van der Waals surface area contributed by atoms with E-state index in [0.29, 0.717) is 12.1 Å². The number of hydrogen-bond acceptors (Lipinski definition) is 5. The van der Waals surface area contributed by atoms with Crippen molar-refractivity contribution in [2.75, 3.05) is 0 Å². The average Bonchev–Trinajstić information content (AvgIpc) is 3.22. The summed E-state index contributed by atoms with van der Waals surface area (Å²) in [5.74, 6) is -0.664. The van der Waals surface area contributed by atoms with Gasteiger partial charge in [0.15, 0.2) is 0 Å². The number of benzene rings is 1. The maximum atomic E-state index is 13.2. The smallest absolute Gasteiger partial charge is 0.240 e. The van der Waals surface area contributed by atoms with Gasteiger partial charge in [-0.2, -0.15) is 0 Å². The maximum Gasteiger partial charge on any atom is 0.240 e. The van der Waals surface area contributed by atoms with Gasteiger partial charge in [-0.25, -0.2) is 17.5 Å². The lowest BCUT2D eigenvalue weighted by molar-refractivity contribution is 0.574. The number of pyridine rings is 1. The highest BCUT2D eigenvalue weighted by atomic mass is 35.5. The fourth-order valence-electron chi connectivity index (χ4n) is 2.47. The van der Waals surface area contributed by atoms with Crippen molar-refractivity contribution in [3.05, 3.63) is 81.0 Å². The van der Waals surface area contributed by atoms with Crippen molar-refractivity contribution in [3.8, 4) is 0 Å². The number of sulfonamides is 1. The molecule has 3 aromatic rings. The van der Waals surface area contributed by atoms with Gasteiger partial charge in [0, 0.05) is 30.2 Å². The van der Waals surface area contributed by atoms with E-state index in [9.17, 15) is 12.8 Å². The van der Waals surface area contributed by atoms with Crippen molar-refractivity contribution >= 4 is 33.0 Å². The fraction of sp³-hybridized carbons (Fsp3) is 0.211. The third-order valence-electron chi connectivity index (χ3n) is 4.11. The molecule has 0 spiro atoms. The summed E-state index contributed by atoms with van der Waals surface area (Å²) in [6.45, 7) is 2.78. The van der Waals surface area contributed by atoms with Gasteiger partial charge in [-0.1, -0.05) is 23.7 Å². The van der Waals surface area contributed by atoms with Crippen molar-refractivity contribution in [3.63, 3.8) is 0 Å². The molecule has 5 nitrogen and oxygen atoms in total. The second kappa shape index (κ2) is 9.11. The largest absolute Gasteiger partial charge is 0.304 e. The van der Waals surface area contributed by atoms with Gasteiger partial charge in [0.1, 0.15) is 5.82 Å². The normalized spacial score (nSPS) is 12.8. The molecule has 9 heteroatoms. The molecule has 2 aromatic heterocycles. The molecule has 1 unspecified atom stereocenters. The van der Waals surface area contributed by atoms with E-state index in [-0.39, 0.29) is 22.5 Å². The summed E-state index contributed by atoms with van der Waals surface area (Å²) < 4.78 is 40.3. The highest BCUT2D eigenvalue weighted by molar-refractivity contribution is 7.89. The first-order chi connectivity index (χ1) is 13.3. The van der Waals surface area contributed by atoms with Crippen LogP contribution in [-0.2, 0) is 23.1 Å². The number of halogens is 2. The van der Waals surface area contributed by atoms with Crippen LogP contribution in [0.4, 0.5) is 4.39 Å². The predicted molar refractivity (Wildman–Crippen MR) is 109 cm³/mol. The van der Waals surface area contributed by atoms with Crippen LogP contribution in [0.5, 0.6) is 0 Å². The van der Waals surface area contributed by atoms with Crippen LogP contribution >= 0.6 is 22.9 Å². The summed E-state index contributed by atoms with van der Waals surface area (Å²) in [5, 5.41) is 5.21. The molecular formula is C19H19ClFN3O2S2. The van der Waals surface area contributed by atoms with Gasteiger partial charge in [0.05, 0.1) is 15.6 Å². The number of hydrogen-bond donors (Lipinski definition) is 2. The zero-order valence-electron chi connectivity index (χ0n) is 15.0. The van der Waals surface area contributed by atoms with E-state index in [4.69, 9.17) is 11.6 Å². The number of rotatable bonds is 8. The van der Waals surface area contributed by atoms with Crippen LogP contribution in [0.25, 0.3) is 0 Å². The molecule has 148 valence electrons. The standard InChI is InChI=1S/C19H19ClFN3O2S2/c1-13(19-3-2-8-27-19)22-12-15-5-4-14(10-23-15)11-24-28(25,26)16-6-7-18(21)17(20)9-16/h2-10,13,22,24H,11-12H2,1H3. The molecule has 0 bridgehead atoms. The molecule has 0 aliphatic carbocycles. The first-order valence-electron chi connectivity index (χ1n) is 8.50. The molecule has 3 rings (SSSR count). The van der Waals surface area contributed by atoms with Crippen LogP contribution in [0.1, 0.15) is 29.1 Å². The first kappa shape index (κ1) is 20.9. The monoisotopic (exact) mass is 439 g/mol. The molecule has 2 N–H and O–H groups in total. The highest BCUT2D eigenvalue weighted by Crippen LogP contribution is 2.20. The highest BCUT2D eigenvalue weighted by Gasteiger charge is 2.15. The third-order valence-corrected chi connectivity index (χ3v) is 6.86. The van der Waals surface area contributed by atoms with Gasteiger partial charge in [-0.3, -0.25) is 4.98 Å². The zero-order valence-corrected chi connectivity index (χ0v) is 17.4. The van der Waals surface area contributed by atoms with E-state index < -0.39 is 15.8 Å². The van der Waals surface area contributed by atoms with Crippen molar-refractivity contribution in [2.24, 2.45) is 0 Å². The number of thiophene rings is 1. The summed E-state index contributed by atoms with van der Waals surface area (Å²) in [4.78, 5) is 5.54. The van der Waals surface area contributed by atoms with Crippen LogP contribution in [0, 0.1) is 5.82 Å². The second-order valence-corrected chi connectivity index (χ2v) is 9.33. The molecule has 0 radical (unpaired) electrons. The lowest BCUT2D eigenvalue weighted by atomic mass is 10.2. The Kier molecular flexibility index (Phi) is 6.79. The van der Waals surface area contributed by atoms with Gasteiger partial charge in [-0.05, 0) is 48.2 Å². The van der Waals surface area contributed by atoms with Crippen molar-refractivity contribution in [1.82, 2.24) is 15.0 Å². The van der Waals surface area contributed by atoms with Crippen LogP contribution in [0.2, 0.25) is 5.02 Å². The molecule has 0 fully saturated rings. The molecule has 0 amide bonds. The molecule has 28 heavy (non-hydrogen) atoms. The molecule has 0 saturated carbocycles. The topological polar surface area (TPSA) is 71.1 Å². The SMILES string of the molecule is CC(NCc1ccc(CNS(=O)(=O)c2ccc(F)c(Cl)c2)cn1)c1cccs1. The number of aromatic nitrogens is 1. The summed E-state index contributed by atoms with van der Waals surface area (Å²) in [7, 11) is -3.79. The van der Waals surface area contributed by atoms with E-state index in [0.717, 1.165) is 17.8 Å². The Hall–Kier alpha value is -1.84. The van der Waals surface area contributed by atoms with Gasteiger partial charge >= 0.3 is 0 Å². The van der Waals surface area contributed by atoms with E-state index >= 15 is 0 Å². The lowest BCUT2D eigenvalue weighted by Crippen LogP contribution is -2.23. The van der Waals surface area contributed by atoms with Crippen LogP contribution in [0.15, 0.2) is 58.9 Å². The summed E-state index contributed by atoms with van der Waals surface area (Å²) >= 11 is 7.36. The van der Waals surface area contributed by atoms with E-state index in [1.807, 2.05) is 23.6 Å². The summed E-state index contributed by atoms with van der Waals surface area (Å²) in [6, 6.07) is 11.3. The Morgan fingerprint density at radius 1 is 1.21 bits per heavy atom. The number of nitrogens with one attached hydrogen (secondary N) is 2. The Bertz CT molecular complexity index is 1030. The Morgan fingerprint density at radius 3 is 2.68 bits per heavy atom. The summed E-state index contributed by atoms with van der Waals surface area (Å²) in [6.07, 6.45) is 1.63. The van der Waals surface area contributed by atoms with E-state index in [1.54, 1.807) is 17.5 Å². The minimum atomic E-state index is -3.79. The Labute approximate surface area is 172 Å². The molecule has 1 aromatic carbocycles. The van der Waals surface area contributed by atoms with E-state index in [1.165, 1.54) is 10.9 Å². The number of nitrogens with zero attached hydrogens (tertiary/aromatic N) is 1. The lowest BCUT2D eigenvalue weighted by Gasteiger charge is -2.12. The second-order valence-electron chi connectivity index (χ2n) is 6.18. The van der Waals surface area contributed by atoms with Crippen LogP contribution in [0.3, 0.4) is 0 Å². The van der Waals surface area contributed by atoms with Crippen LogP contribution < -0.4 is 10.0 Å². The van der Waals surface area contributed by atoms with Crippen molar-refractivity contribution < 1.29 is 12.8 Å². The minimum Gasteiger partial charge on any atom is -0.304 e. The van der Waals surface area contributed by atoms with Gasteiger partial charge < -0.3 is 5.32 Å². The molecule has 0 aliphatic rings. The molecule has 2 heterocycles. The minimum absolute atomic E-state index is 0.0731.